The summed E-state index contributed by atoms with van der Waals surface area (Å²) in [5.74, 6) is 0.846. The average molecular weight is 512 g/mol. The number of carbonyl (C=O) groups excluding carboxylic acids is 1. The third-order valence-electron chi connectivity index (χ3n) is 6.03. The van der Waals surface area contributed by atoms with Crippen molar-refractivity contribution in [2.24, 2.45) is 0 Å². The van der Waals surface area contributed by atoms with Crippen LogP contribution in [0.5, 0.6) is 34.5 Å². The summed E-state index contributed by atoms with van der Waals surface area (Å²) in [6.07, 6.45) is -0.594. The lowest BCUT2D eigenvalue weighted by Gasteiger charge is -2.27. The van der Waals surface area contributed by atoms with E-state index < -0.39 is 17.6 Å². The Labute approximate surface area is 213 Å². The van der Waals surface area contributed by atoms with Crippen LogP contribution in [0.4, 0.5) is 0 Å². The Hall–Kier alpha value is -4.34. The van der Waals surface area contributed by atoms with E-state index >= 15 is 0 Å². The van der Waals surface area contributed by atoms with Crippen LogP contribution in [0.1, 0.15) is 29.2 Å². The first kappa shape index (κ1) is 25.7. The fraction of sp³-hybridized carbons (Fsp3) is 0.333. The molecule has 2 N–H and O–H groups in total. The summed E-state index contributed by atoms with van der Waals surface area (Å²) in [6.45, 7) is 2.00. The average Bonchev–Trinajstić information content (AvgIpc) is 2.89. The summed E-state index contributed by atoms with van der Waals surface area (Å²) in [6, 6.07) is 11.9. The number of nitrogens with one attached hydrogen (secondary N) is 1. The maximum atomic E-state index is 13.1. The van der Waals surface area contributed by atoms with E-state index in [0.717, 1.165) is 0 Å². The second-order valence-corrected chi connectivity index (χ2v) is 8.43. The van der Waals surface area contributed by atoms with Crippen LogP contribution in [-0.4, -0.2) is 51.6 Å². The lowest BCUT2D eigenvalue weighted by atomic mass is 9.87. The van der Waals surface area contributed by atoms with Crippen molar-refractivity contribution in [3.05, 3.63) is 69.8 Å². The Balaban J connectivity index is 1.63. The molecule has 37 heavy (non-hydrogen) atoms. The summed E-state index contributed by atoms with van der Waals surface area (Å²) < 4.78 is 33.3. The van der Waals surface area contributed by atoms with E-state index in [1.165, 1.54) is 27.4 Å². The van der Waals surface area contributed by atoms with Gasteiger partial charge in [-0.2, -0.15) is 0 Å². The number of hydrogen-bond acceptors (Lipinski definition) is 9. The normalized spacial score (nSPS) is 15.0. The van der Waals surface area contributed by atoms with Crippen molar-refractivity contribution in [1.82, 2.24) is 5.32 Å². The van der Waals surface area contributed by atoms with E-state index in [-0.39, 0.29) is 54.1 Å². The molecule has 1 amide bonds. The largest absolute Gasteiger partial charge is 0.507 e. The molecule has 1 aliphatic heterocycles. The Morgan fingerprint density at radius 2 is 1.81 bits per heavy atom. The first-order chi connectivity index (χ1) is 17.9. The molecule has 3 aromatic rings. The van der Waals surface area contributed by atoms with Crippen LogP contribution in [0.15, 0.2) is 51.7 Å². The van der Waals surface area contributed by atoms with E-state index in [4.69, 9.17) is 28.1 Å². The SMILES string of the molecule is COc1ccc([C@@H](CC(=O)NC[C@@H]2COc3ccccc3O2)c2c(O)cc(C)oc2=O)c(OC)c1OC. The Bertz CT molecular complexity index is 1330. The second-order valence-electron chi connectivity index (χ2n) is 8.43. The van der Waals surface area contributed by atoms with E-state index in [1.807, 2.05) is 18.2 Å². The van der Waals surface area contributed by atoms with E-state index in [9.17, 15) is 14.7 Å². The van der Waals surface area contributed by atoms with Gasteiger partial charge in [0, 0.05) is 24.0 Å². The molecule has 10 heteroatoms. The molecular weight excluding hydrogens is 482 g/mol. The molecule has 0 bridgehead atoms. The van der Waals surface area contributed by atoms with Crippen molar-refractivity contribution < 1.29 is 38.0 Å². The summed E-state index contributed by atoms with van der Waals surface area (Å²) in [5, 5.41) is 13.5. The molecule has 0 unspecified atom stereocenters. The number of aromatic hydroxyl groups is 1. The van der Waals surface area contributed by atoms with Crippen LogP contribution in [0.25, 0.3) is 0 Å². The Morgan fingerprint density at radius 1 is 1.08 bits per heavy atom. The lowest BCUT2D eigenvalue weighted by Crippen LogP contribution is -2.41. The van der Waals surface area contributed by atoms with Gasteiger partial charge in [-0.25, -0.2) is 4.79 Å². The number of hydrogen-bond donors (Lipinski definition) is 2. The topological polar surface area (TPSA) is 126 Å². The van der Waals surface area contributed by atoms with Crippen LogP contribution >= 0.6 is 0 Å². The van der Waals surface area contributed by atoms with Crippen LogP contribution < -0.4 is 34.6 Å². The van der Waals surface area contributed by atoms with Crippen molar-refractivity contribution >= 4 is 5.91 Å². The van der Waals surface area contributed by atoms with Gasteiger partial charge in [0.25, 0.3) is 0 Å². The molecule has 0 radical (unpaired) electrons. The van der Waals surface area contributed by atoms with Gasteiger partial charge in [0.05, 0.1) is 33.4 Å². The van der Waals surface area contributed by atoms with Crippen LogP contribution in [0, 0.1) is 6.92 Å². The van der Waals surface area contributed by atoms with Crippen molar-refractivity contribution in [2.75, 3.05) is 34.5 Å². The number of carbonyl (C=O) groups is 1. The first-order valence-electron chi connectivity index (χ1n) is 11.6. The molecule has 0 spiro atoms. The third-order valence-corrected chi connectivity index (χ3v) is 6.03. The number of rotatable bonds is 9. The second kappa shape index (κ2) is 11.2. The smallest absolute Gasteiger partial charge is 0.343 e. The van der Waals surface area contributed by atoms with E-state index in [0.29, 0.717) is 22.8 Å². The summed E-state index contributed by atoms with van der Waals surface area (Å²) in [4.78, 5) is 26.0. The highest BCUT2D eigenvalue weighted by atomic mass is 16.6. The number of fused-ring (bicyclic) bond motifs is 1. The number of benzene rings is 2. The quantitative estimate of drug-likeness (QED) is 0.446. The zero-order valence-electron chi connectivity index (χ0n) is 21.0. The standard InChI is InChI=1S/C27H29NO9/c1-15-11-19(29)24(27(31)36-15)18(17-9-10-22(32-2)26(34-4)25(17)33-3)12-23(30)28-13-16-14-35-20-7-5-6-8-21(20)37-16/h5-11,16,18,29H,12-14H2,1-4H3,(H,28,30)/t16-,18-/m1/s1. The van der Waals surface area contributed by atoms with Crippen LogP contribution in [-0.2, 0) is 4.79 Å². The molecule has 0 saturated carbocycles. The van der Waals surface area contributed by atoms with Crippen molar-refractivity contribution in [3.63, 3.8) is 0 Å². The summed E-state index contributed by atoms with van der Waals surface area (Å²) in [7, 11) is 4.37. The van der Waals surface area contributed by atoms with Gasteiger partial charge in [-0.3, -0.25) is 4.79 Å². The minimum atomic E-state index is -0.921. The number of aryl methyl sites for hydroxylation is 1. The molecule has 10 nitrogen and oxygen atoms in total. The molecular formula is C27H29NO9. The van der Waals surface area contributed by atoms with Gasteiger partial charge in [0.2, 0.25) is 11.7 Å². The van der Waals surface area contributed by atoms with E-state index in [2.05, 4.69) is 5.32 Å². The maximum absolute atomic E-state index is 13.1. The van der Waals surface area contributed by atoms with E-state index in [1.54, 1.807) is 25.1 Å². The van der Waals surface area contributed by atoms with Crippen molar-refractivity contribution in [1.29, 1.82) is 0 Å². The van der Waals surface area contributed by atoms with Gasteiger partial charge in [0.15, 0.2) is 23.0 Å². The zero-order valence-corrected chi connectivity index (χ0v) is 21.0. The minimum absolute atomic E-state index is 0.0718. The fourth-order valence-electron chi connectivity index (χ4n) is 4.34. The third kappa shape index (κ3) is 5.42. The molecule has 0 aliphatic carbocycles. The first-order valence-corrected chi connectivity index (χ1v) is 11.6. The van der Waals surface area contributed by atoms with Gasteiger partial charge in [-0.1, -0.05) is 18.2 Å². The predicted molar refractivity (Wildman–Crippen MR) is 133 cm³/mol. The highest BCUT2D eigenvalue weighted by molar-refractivity contribution is 5.78. The molecule has 2 aromatic carbocycles. The minimum Gasteiger partial charge on any atom is -0.507 e. The predicted octanol–water partition coefficient (Wildman–Crippen LogP) is 3.16. The number of ether oxygens (including phenoxy) is 5. The highest BCUT2D eigenvalue weighted by Crippen LogP contribution is 2.45. The molecule has 196 valence electrons. The van der Waals surface area contributed by atoms with Gasteiger partial charge >= 0.3 is 5.63 Å². The van der Waals surface area contributed by atoms with Crippen LogP contribution in [0.2, 0.25) is 0 Å². The zero-order chi connectivity index (χ0) is 26.5. The molecule has 4 rings (SSSR count). The molecule has 2 heterocycles. The molecule has 0 fully saturated rings. The number of methoxy groups -OCH3 is 3. The molecule has 2 atom stereocenters. The lowest BCUT2D eigenvalue weighted by molar-refractivity contribution is -0.121. The molecule has 1 aliphatic rings. The summed E-state index contributed by atoms with van der Waals surface area (Å²) >= 11 is 0. The fourth-order valence-corrected chi connectivity index (χ4v) is 4.34. The van der Waals surface area contributed by atoms with Gasteiger partial charge in [-0.05, 0) is 25.1 Å². The monoisotopic (exact) mass is 511 g/mol. The van der Waals surface area contributed by atoms with Crippen LogP contribution in [0.3, 0.4) is 0 Å². The Morgan fingerprint density at radius 3 is 2.49 bits per heavy atom. The molecule has 0 saturated heterocycles. The van der Waals surface area contributed by atoms with Gasteiger partial charge in [0.1, 0.15) is 24.2 Å². The van der Waals surface area contributed by atoms with Gasteiger partial charge < -0.3 is 38.5 Å². The summed E-state index contributed by atoms with van der Waals surface area (Å²) in [5.41, 5.74) is -0.391. The molecule has 1 aromatic heterocycles. The Kier molecular flexibility index (Phi) is 7.76. The highest BCUT2D eigenvalue weighted by Gasteiger charge is 2.31. The number of para-hydroxylation sites is 2. The maximum Gasteiger partial charge on any atom is 0.343 e. The van der Waals surface area contributed by atoms with Crippen molar-refractivity contribution in [2.45, 2.75) is 25.4 Å². The van der Waals surface area contributed by atoms with Crippen molar-refractivity contribution in [3.8, 4) is 34.5 Å². The van der Waals surface area contributed by atoms with Gasteiger partial charge in [-0.15, -0.1) is 0 Å². The number of amides is 1.